The molecule has 6 nitrogen and oxygen atoms in total. The second-order valence-electron chi connectivity index (χ2n) is 19.0. The van der Waals surface area contributed by atoms with E-state index in [1.54, 1.807) is 0 Å². The van der Waals surface area contributed by atoms with E-state index >= 15 is 0 Å². The van der Waals surface area contributed by atoms with Crippen LogP contribution in [0.2, 0.25) is 0 Å². The topological polar surface area (TPSA) is 78.9 Å². The molecule has 0 radical (unpaired) electrons. The van der Waals surface area contributed by atoms with Crippen molar-refractivity contribution in [2.24, 2.45) is 5.92 Å². The standard InChI is InChI=1S/C54H104O6/c1-5-7-9-11-13-15-17-18-19-20-21-26-30-34-38-42-46-53(56)59-49-51(48-58-52(55)45-41-37-33-29-24-16-14-12-10-8-6-2)60-54(57)47-43-39-35-31-27-23-22-25-28-32-36-40-44-50(3)4/h50-51H,5-49H2,1-4H3/t51-/m0/s1. The Balaban J connectivity index is 4.29. The molecular formula is C54H104O6. The van der Waals surface area contributed by atoms with Crippen molar-refractivity contribution < 1.29 is 28.6 Å². The molecule has 0 unspecified atom stereocenters. The summed E-state index contributed by atoms with van der Waals surface area (Å²) in [5, 5.41) is 0. The summed E-state index contributed by atoms with van der Waals surface area (Å²) in [6.07, 6.45) is 50.8. The van der Waals surface area contributed by atoms with E-state index in [1.165, 1.54) is 199 Å². The third-order valence-electron chi connectivity index (χ3n) is 12.3. The lowest BCUT2D eigenvalue weighted by atomic mass is 10.0. The summed E-state index contributed by atoms with van der Waals surface area (Å²) < 4.78 is 16.8. The monoisotopic (exact) mass is 849 g/mol. The van der Waals surface area contributed by atoms with Crippen LogP contribution in [0.15, 0.2) is 0 Å². The van der Waals surface area contributed by atoms with Crippen LogP contribution < -0.4 is 0 Å². The van der Waals surface area contributed by atoms with Crippen molar-refractivity contribution in [2.75, 3.05) is 13.2 Å². The highest BCUT2D eigenvalue weighted by Crippen LogP contribution is 2.17. The molecule has 1 atom stereocenters. The summed E-state index contributed by atoms with van der Waals surface area (Å²) >= 11 is 0. The lowest BCUT2D eigenvalue weighted by Gasteiger charge is -2.18. The number of ether oxygens (including phenoxy) is 3. The molecule has 0 aromatic rings. The van der Waals surface area contributed by atoms with E-state index in [2.05, 4.69) is 27.7 Å². The maximum absolute atomic E-state index is 12.8. The van der Waals surface area contributed by atoms with Crippen LogP contribution in [0, 0.1) is 5.92 Å². The van der Waals surface area contributed by atoms with Crippen molar-refractivity contribution >= 4 is 17.9 Å². The summed E-state index contributed by atoms with van der Waals surface area (Å²) in [4.78, 5) is 38.0. The minimum absolute atomic E-state index is 0.0624. The van der Waals surface area contributed by atoms with Crippen molar-refractivity contribution in [3.8, 4) is 0 Å². The molecule has 0 aliphatic carbocycles. The van der Waals surface area contributed by atoms with Crippen molar-refractivity contribution in [3.63, 3.8) is 0 Å². The summed E-state index contributed by atoms with van der Waals surface area (Å²) in [5.41, 5.74) is 0. The van der Waals surface area contributed by atoms with Gasteiger partial charge in [0.1, 0.15) is 13.2 Å². The van der Waals surface area contributed by atoms with Crippen molar-refractivity contribution in [3.05, 3.63) is 0 Å². The SMILES string of the molecule is CCCCCCCCCCCCCCCCCCC(=O)OC[C@H](COC(=O)CCCCCCCCCCCCC)OC(=O)CCCCCCCCCCCCCCC(C)C. The van der Waals surface area contributed by atoms with Gasteiger partial charge in [-0.1, -0.05) is 265 Å². The van der Waals surface area contributed by atoms with E-state index in [4.69, 9.17) is 14.2 Å². The summed E-state index contributed by atoms with van der Waals surface area (Å²) in [5.74, 6) is -0.00969. The number of unbranched alkanes of at least 4 members (excludes halogenated alkanes) is 36. The second kappa shape index (κ2) is 48.4. The van der Waals surface area contributed by atoms with Gasteiger partial charge >= 0.3 is 17.9 Å². The molecule has 0 rings (SSSR count). The Labute approximate surface area is 374 Å². The molecule has 0 N–H and O–H groups in total. The lowest BCUT2D eigenvalue weighted by molar-refractivity contribution is -0.167. The molecule has 0 spiro atoms. The van der Waals surface area contributed by atoms with Crippen LogP contribution >= 0.6 is 0 Å². The summed E-state index contributed by atoms with van der Waals surface area (Å²) in [6, 6.07) is 0. The van der Waals surface area contributed by atoms with E-state index in [1.807, 2.05) is 0 Å². The van der Waals surface area contributed by atoms with E-state index in [-0.39, 0.29) is 31.1 Å². The predicted octanol–water partition coefficient (Wildman–Crippen LogP) is 17.5. The first kappa shape index (κ1) is 58.4. The molecule has 0 saturated carbocycles. The lowest BCUT2D eigenvalue weighted by Crippen LogP contribution is -2.30. The van der Waals surface area contributed by atoms with Gasteiger partial charge in [-0.05, 0) is 25.2 Å². The average Bonchev–Trinajstić information content (AvgIpc) is 3.23. The zero-order valence-electron chi connectivity index (χ0n) is 40.9. The Morgan fingerprint density at radius 3 is 0.817 bits per heavy atom. The second-order valence-corrected chi connectivity index (χ2v) is 19.0. The number of esters is 3. The number of hydrogen-bond acceptors (Lipinski definition) is 6. The Kier molecular flexibility index (Phi) is 47.2. The van der Waals surface area contributed by atoms with Gasteiger partial charge in [0.2, 0.25) is 0 Å². The number of hydrogen-bond donors (Lipinski definition) is 0. The maximum atomic E-state index is 12.8. The van der Waals surface area contributed by atoms with Gasteiger partial charge in [0.25, 0.3) is 0 Å². The van der Waals surface area contributed by atoms with Crippen LogP contribution in [0.4, 0.5) is 0 Å². The van der Waals surface area contributed by atoms with Gasteiger partial charge in [0.15, 0.2) is 6.10 Å². The Morgan fingerprint density at radius 2 is 0.550 bits per heavy atom. The fraction of sp³-hybridized carbons (Fsp3) is 0.944. The fourth-order valence-electron chi connectivity index (χ4n) is 8.22. The molecule has 0 bridgehead atoms. The molecule has 0 heterocycles. The van der Waals surface area contributed by atoms with E-state index in [0.29, 0.717) is 19.3 Å². The largest absolute Gasteiger partial charge is 0.462 e. The Bertz CT molecular complexity index is 903. The Morgan fingerprint density at radius 1 is 0.317 bits per heavy atom. The third kappa shape index (κ3) is 47.5. The van der Waals surface area contributed by atoms with Gasteiger partial charge in [-0.3, -0.25) is 14.4 Å². The average molecular weight is 849 g/mol. The molecule has 0 aliphatic heterocycles. The van der Waals surface area contributed by atoms with Crippen LogP contribution in [0.1, 0.15) is 304 Å². The highest BCUT2D eigenvalue weighted by Gasteiger charge is 2.19. The van der Waals surface area contributed by atoms with Gasteiger partial charge in [0, 0.05) is 19.3 Å². The fourth-order valence-corrected chi connectivity index (χ4v) is 8.22. The van der Waals surface area contributed by atoms with Crippen LogP contribution in [-0.4, -0.2) is 37.2 Å². The minimum atomic E-state index is -0.760. The molecule has 0 amide bonds. The number of carbonyl (C=O) groups is 3. The summed E-state index contributed by atoms with van der Waals surface area (Å²) in [6.45, 7) is 9.03. The first-order valence-electron chi connectivity index (χ1n) is 26.9. The molecule has 0 saturated heterocycles. The predicted molar refractivity (Wildman–Crippen MR) is 257 cm³/mol. The molecule has 60 heavy (non-hydrogen) atoms. The molecule has 0 aliphatic rings. The van der Waals surface area contributed by atoms with Crippen molar-refractivity contribution in [1.29, 1.82) is 0 Å². The molecule has 356 valence electrons. The van der Waals surface area contributed by atoms with Crippen LogP contribution in [0.5, 0.6) is 0 Å². The van der Waals surface area contributed by atoms with E-state index in [0.717, 1.165) is 63.7 Å². The minimum Gasteiger partial charge on any atom is -0.462 e. The normalized spacial score (nSPS) is 11.9. The molecule has 0 aromatic carbocycles. The maximum Gasteiger partial charge on any atom is 0.306 e. The first-order chi connectivity index (χ1) is 29.4. The quantitative estimate of drug-likeness (QED) is 0.0345. The summed E-state index contributed by atoms with van der Waals surface area (Å²) in [7, 11) is 0. The van der Waals surface area contributed by atoms with Crippen molar-refractivity contribution in [1.82, 2.24) is 0 Å². The van der Waals surface area contributed by atoms with Crippen LogP contribution in [0.3, 0.4) is 0 Å². The zero-order valence-corrected chi connectivity index (χ0v) is 40.9. The van der Waals surface area contributed by atoms with E-state index in [9.17, 15) is 14.4 Å². The third-order valence-corrected chi connectivity index (χ3v) is 12.3. The molecule has 0 fully saturated rings. The smallest absolute Gasteiger partial charge is 0.306 e. The van der Waals surface area contributed by atoms with Crippen LogP contribution in [0.25, 0.3) is 0 Å². The van der Waals surface area contributed by atoms with Crippen molar-refractivity contribution in [2.45, 2.75) is 310 Å². The molecule has 0 aromatic heterocycles. The van der Waals surface area contributed by atoms with Gasteiger partial charge in [-0.15, -0.1) is 0 Å². The number of carbonyl (C=O) groups excluding carboxylic acids is 3. The number of rotatable bonds is 49. The van der Waals surface area contributed by atoms with Crippen LogP contribution in [-0.2, 0) is 28.6 Å². The highest BCUT2D eigenvalue weighted by atomic mass is 16.6. The molecular weight excluding hydrogens is 745 g/mol. The zero-order chi connectivity index (χ0) is 43.8. The van der Waals surface area contributed by atoms with Gasteiger partial charge in [0.05, 0.1) is 0 Å². The molecule has 6 heteroatoms. The highest BCUT2D eigenvalue weighted by molar-refractivity contribution is 5.71. The van der Waals surface area contributed by atoms with E-state index < -0.39 is 6.10 Å². The van der Waals surface area contributed by atoms with Gasteiger partial charge < -0.3 is 14.2 Å². The first-order valence-corrected chi connectivity index (χ1v) is 26.9. The Hall–Kier alpha value is -1.59. The van der Waals surface area contributed by atoms with Gasteiger partial charge in [-0.25, -0.2) is 0 Å². The van der Waals surface area contributed by atoms with Gasteiger partial charge in [-0.2, -0.15) is 0 Å².